The summed E-state index contributed by atoms with van der Waals surface area (Å²) >= 11 is 4.12. The van der Waals surface area contributed by atoms with Crippen LogP contribution in [0.4, 0.5) is 26.3 Å². The number of halogens is 6. The van der Waals surface area contributed by atoms with Gasteiger partial charge in [0.2, 0.25) is 0 Å². The van der Waals surface area contributed by atoms with Gasteiger partial charge in [-0.2, -0.15) is 36.5 Å². The van der Waals surface area contributed by atoms with E-state index in [2.05, 4.69) is 17.3 Å². The van der Waals surface area contributed by atoms with E-state index in [9.17, 15) is 31.4 Å². The molecule has 4 nitrogen and oxygen atoms in total. The van der Waals surface area contributed by atoms with E-state index in [1.54, 1.807) is 0 Å². The van der Waals surface area contributed by atoms with Gasteiger partial charge in [-0.05, 0) is 12.2 Å². The summed E-state index contributed by atoms with van der Waals surface area (Å²) in [5, 5.41) is 10.2. The summed E-state index contributed by atoms with van der Waals surface area (Å²) in [5.74, 6) is 0. The molecule has 0 spiro atoms. The predicted octanol–water partition coefficient (Wildman–Crippen LogP) is 1.10. The third-order valence-corrected chi connectivity index (χ3v) is 2.15. The molecular weight excluding hydrogens is 276 g/mol. The van der Waals surface area contributed by atoms with Crippen molar-refractivity contribution >= 4 is 23.0 Å². The van der Waals surface area contributed by atoms with Crippen molar-refractivity contribution in [3.05, 3.63) is 0 Å². The maximum absolute atomic E-state index is 12.5. The number of aliphatic hydroxyl groups is 1. The maximum Gasteiger partial charge on any atom is 0.438 e. The first-order chi connectivity index (χ1) is 7.39. The summed E-state index contributed by atoms with van der Waals surface area (Å²) < 4.78 is 74.0. The molecular formula is C6H5F6N3OS. The quantitative estimate of drug-likeness (QED) is 0.515. The van der Waals surface area contributed by atoms with E-state index in [4.69, 9.17) is 5.73 Å². The van der Waals surface area contributed by atoms with Gasteiger partial charge in [0.25, 0.3) is 5.72 Å². The fourth-order valence-corrected chi connectivity index (χ4v) is 1.35. The van der Waals surface area contributed by atoms with Gasteiger partial charge in [0.05, 0.1) is 6.42 Å². The smallest absolute Gasteiger partial charge is 0.375 e. The first-order valence-corrected chi connectivity index (χ1v) is 4.34. The minimum atomic E-state index is -5.38. The number of hydrogen-bond donors (Lipinski definition) is 2. The topological polar surface area (TPSA) is 61.8 Å². The van der Waals surface area contributed by atoms with Gasteiger partial charge >= 0.3 is 12.4 Å². The number of thiocarbonyl (C=S) groups is 1. The van der Waals surface area contributed by atoms with Crippen LogP contribution in [-0.2, 0) is 0 Å². The molecule has 0 aromatic carbocycles. The zero-order valence-corrected chi connectivity index (χ0v) is 8.62. The lowest BCUT2D eigenvalue weighted by atomic mass is 10.1. The average molecular weight is 281 g/mol. The molecule has 3 N–H and O–H groups in total. The van der Waals surface area contributed by atoms with Crippen LogP contribution in [0.2, 0.25) is 0 Å². The summed E-state index contributed by atoms with van der Waals surface area (Å²) in [4.78, 5) is 0. The molecule has 0 aromatic rings. The molecule has 0 fully saturated rings. The van der Waals surface area contributed by atoms with Crippen LogP contribution in [0.1, 0.15) is 6.42 Å². The summed E-state index contributed by atoms with van der Waals surface area (Å²) in [6.45, 7) is 0. The van der Waals surface area contributed by atoms with E-state index in [-0.39, 0.29) is 0 Å². The lowest BCUT2D eigenvalue weighted by Gasteiger charge is -2.32. The molecule has 1 rings (SSSR count). The zero-order valence-electron chi connectivity index (χ0n) is 7.80. The predicted molar refractivity (Wildman–Crippen MR) is 47.7 cm³/mol. The summed E-state index contributed by atoms with van der Waals surface area (Å²) in [5.41, 5.74) is -0.860. The molecule has 0 aromatic heterocycles. The Morgan fingerprint density at radius 3 is 2.06 bits per heavy atom. The number of nitrogens with zero attached hydrogens (tertiary/aromatic N) is 2. The number of rotatable bonds is 0. The van der Waals surface area contributed by atoms with Crippen molar-refractivity contribution in [2.45, 2.75) is 24.5 Å². The largest absolute Gasteiger partial charge is 0.438 e. The van der Waals surface area contributed by atoms with Crippen LogP contribution in [-0.4, -0.2) is 39.0 Å². The second-order valence-electron chi connectivity index (χ2n) is 3.19. The van der Waals surface area contributed by atoms with Crippen LogP contribution in [0.25, 0.3) is 0 Å². The Morgan fingerprint density at radius 1 is 1.35 bits per heavy atom. The number of alkyl halides is 6. The number of hydrogen-bond acceptors (Lipinski definition) is 3. The zero-order chi connectivity index (χ0) is 13.6. The Kier molecular flexibility index (Phi) is 3.04. The molecule has 1 unspecified atom stereocenters. The SMILES string of the molecule is NC(=S)N1N=C(C(F)(F)F)CC1(O)C(F)(F)F. The van der Waals surface area contributed by atoms with Gasteiger partial charge in [-0.1, -0.05) is 0 Å². The van der Waals surface area contributed by atoms with Crippen LogP contribution in [0, 0.1) is 0 Å². The minimum Gasteiger partial charge on any atom is -0.375 e. The van der Waals surface area contributed by atoms with E-state index in [0.29, 0.717) is 0 Å². The Bertz CT molecular complexity index is 377. The molecule has 0 aliphatic carbocycles. The van der Waals surface area contributed by atoms with Crippen molar-refractivity contribution in [3.8, 4) is 0 Å². The van der Waals surface area contributed by atoms with Crippen LogP contribution in [0.5, 0.6) is 0 Å². The van der Waals surface area contributed by atoms with E-state index in [1.807, 2.05) is 0 Å². The molecule has 1 atom stereocenters. The van der Waals surface area contributed by atoms with E-state index < -0.39 is 40.3 Å². The molecule has 0 saturated heterocycles. The third kappa shape index (κ3) is 2.29. The van der Waals surface area contributed by atoms with Gasteiger partial charge < -0.3 is 10.8 Å². The fourth-order valence-electron chi connectivity index (χ4n) is 1.16. The highest BCUT2D eigenvalue weighted by molar-refractivity contribution is 7.80. The normalized spacial score (nSPS) is 26.1. The van der Waals surface area contributed by atoms with Crippen LogP contribution in [0.3, 0.4) is 0 Å². The first kappa shape index (κ1) is 14.0. The van der Waals surface area contributed by atoms with Crippen molar-refractivity contribution in [2.75, 3.05) is 0 Å². The lowest BCUT2D eigenvalue weighted by Crippen LogP contribution is -2.58. The molecule has 0 amide bonds. The van der Waals surface area contributed by atoms with Crippen molar-refractivity contribution < 1.29 is 31.4 Å². The van der Waals surface area contributed by atoms with Crippen molar-refractivity contribution in [1.29, 1.82) is 0 Å². The molecule has 1 aliphatic heterocycles. The Morgan fingerprint density at radius 2 is 1.82 bits per heavy atom. The van der Waals surface area contributed by atoms with E-state index in [1.165, 1.54) is 0 Å². The molecule has 1 heterocycles. The number of nitrogens with two attached hydrogens (primary N) is 1. The van der Waals surface area contributed by atoms with Crippen molar-refractivity contribution in [3.63, 3.8) is 0 Å². The van der Waals surface area contributed by atoms with Gasteiger partial charge in [0.15, 0.2) is 5.11 Å². The molecule has 98 valence electrons. The molecule has 1 aliphatic rings. The summed E-state index contributed by atoms with van der Waals surface area (Å²) in [7, 11) is 0. The summed E-state index contributed by atoms with van der Waals surface area (Å²) in [6.07, 6.45) is -12.3. The van der Waals surface area contributed by atoms with Crippen LogP contribution in [0.15, 0.2) is 5.10 Å². The highest BCUT2D eigenvalue weighted by Gasteiger charge is 2.65. The molecule has 0 bridgehead atoms. The van der Waals surface area contributed by atoms with Crippen molar-refractivity contribution in [1.82, 2.24) is 5.01 Å². The second-order valence-corrected chi connectivity index (χ2v) is 3.60. The highest BCUT2D eigenvalue weighted by atomic mass is 32.1. The highest BCUT2D eigenvalue weighted by Crippen LogP contribution is 2.42. The van der Waals surface area contributed by atoms with Gasteiger partial charge in [0.1, 0.15) is 5.71 Å². The standard InChI is InChI=1S/C6H5F6N3OS/c7-5(8,9)2-1-4(16,6(10,11)12)15(14-2)3(13)17/h16H,1H2,(H2,13,17). The molecule has 17 heavy (non-hydrogen) atoms. The fraction of sp³-hybridized carbons (Fsp3) is 0.667. The third-order valence-electron chi connectivity index (χ3n) is 1.98. The van der Waals surface area contributed by atoms with Gasteiger partial charge in [-0.15, -0.1) is 0 Å². The molecule has 0 saturated carbocycles. The van der Waals surface area contributed by atoms with Crippen LogP contribution < -0.4 is 5.73 Å². The van der Waals surface area contributed by atoms with E-state index >= 15 is 0 Å². The minimum absolute atomic E-state index is 0.453. The Labute approximate surface area is 95.7 Å². The van der Waals surface area contributed by atoms with Gasteiger partial charge in [-0.25, -0.2) is 0 Å². The maximum atomic E-state index is 12.5. The molecule has 0 radical (unpaired) electrons. The Hall–Kier alpha value is -1.10. The number of hydrazone groups is 1. The van der Waals surface area contributed by atoms with Gasteiger partial charge in [0, 0.05) is 0 Å². The molecule has 11 heteroatoms. The second kappa shape index (κ2) is 3.70. The average Bonchev–Trinajstić information content (AvgIpc) is 2.42. The Balaban J connectivity index is 3.20. The van der Waals surface area contributed by atoms with Crippen LogP contribution >= 0.6 is 12.2 Å². The first-order valence-electron chi connectivity index (χ1n) is 3.93. The monoisotopic (exact) mass is 281 g/mol. The van der Waals surface area contributed by atoms with Crippen molar-refractivity contribution in [2.24, 2.45) is 10.8 Å². The summed E-state index contributed by atoms with van der Waals surface area (Å²) in [6, 6.07) is 0. The van der Waals surface area contributed by atoms with Gasteiger partial charge in [-0.3, -0.25) is 0 Å². The lowest BCUT2D eigenvalue weighted by molar-refractivity contribution is -0.294. The van der Waals surface area contributed by atoms with E-state index in [0.717, 1.165) is 0 Å².